The molecule has 1 aromatic rings. The number of hydrogen-bond donors (Lipinski definition) is 0. The highest BCUT2D eigenvalue weighted by molar-refractivity contribution is 5.66. The first-order valence-electron chi connectivity index (χ1n) is 3.19. The van der Waals surface area contributed by atoms with Crippen LogP contribution in [0.3, 0.4) is 0 Å². The molecule has 0 spiro atoms. The van der Waals surface area contributed by atoms with Gasteiger partial charge in [0.1, 0.15) is 6.54 Å². The Morgan fingerprint density at radius 2 is 2.10 bits per heavy atom. The predicted molar refractivity (Wildman–Crippen MR) is 40.5 cm³/mol. The second-order valence-electron chi connectivity index (χ2n) is 2.13. The maximum absolute atomic E-state index is 4.06. The second kappa shape index (κ2) is 2.18. The highest BCUT2D eigenvalue weighted by Crippen LogP contribution is 2.20. The zero-order valence-corrected chi connectivity index (χ0v) is 5.41. The van der Waals surface area contributed by atoms with Crippen LogP contribution < -0.4 is 5.32 Å². The lowest BCUT2D eigenvalue weighted by molar-refractivity contribution is 1.08. The molecule has 1 heterocycles. The molecular weight excluding hydrogens is 122 g/mol. The maximum Gasteiger partial charge on any atom is 0.143 e. The Morgan fingerprint density at radius 1 is 1.20 bits per heavy atom. The molecule has 0 aromatic heterocycles. The molecule has 1 heteroatoms. The fourth-order valence-corrected chi connectivity index (χ4v) is 0.964. The fourth-order valence-electron chi connectivity index (χ4n) is 0.964. The van der Waals surface area contributed by atoms with E-state index in [0.29, 0.717) is 0 Å². The van der Waals surface area contributed by atoms with Gasteiger partial charge in [0.25, 0.3) is 0 Å². The van der Waals surface area contributed by atoms with Gasteiger partial charge in [-0.15, -0.1) is 0 Å². The highest BCUT2D eigenvalue weighted by atomic mass is 14.9. The Kier molecular flexibility index (Phi) is 1.21. The zero-order valence-electron chi connectivity index (χ0n) is 5.41. The monoisotopic (exact) mass is 128 g/mol. The van der Waals surface area contributed by atoms with Gasteiger partial charge in [0, 0.05) is 0 Å². The van der Waals surface area contributed by atoms with Crippen LogP contribution in [0.25, 0.3) is 6.08 Å². The van der Waals surface area contributed by atoms with Crippen LogP contribution in [0.5, 0.6) is 0 Å². The standard InChI is InChI=1S/C9H6N/c1-2-6-9-8(4-1)5-3-7-10-9/h1-6H. The van der Waals surface area contributed by atoms with Crippen LogP contribution in [-0.4, -0.2) is 0 Å². The molecule has 1 aliphatic rings. The van der Waals surface area contributed by atoms with E-state index in [2.05, 4.69) is 11.9 Å². The van der Waals surface area contributed by atoms with Crippen LogP contribution >= 0.6 is 0 Å². The van der Waals surface area contributed by atoms with Crippen molar-refractivity contribution in [3.63, 3.8) is 0 Å². The fraction of sp³-hybridized carbons (Fsp3) is 0. The van der Waals surface area contributed by atoms with Crippen LogP contribution in [0.1, 0.15) is 5.56 Å². The van der Waals surface area contributed by atoms with Crippen LogP contribution in [-0.2, 0) is 0 Å². The summed E-state index contributed by atoms with van der Waals surface area (Å²) in [4.78, 5) is 0. The number of benzene rings is 1. The minimum absolute atomic E-state index is 1.00. The van der Waals surface area contributed by atoms with Crippen LogP contribution in [0, 0.1) is 6.54 Å². The molecule has 0 atom stereocenters. The summed E-state index contributed by atoms with van der Waals surface area (Å²) in [6, 6.07) is 8.00. The minimum Gasteiger partial charge on any atom is -0.268 e. The van der Waals surface area contributed by atoms with E-state index in [9.17, 15) is 0 Å². The summed E-state index contributed by atoms with van der Waals surface area (Å²) < 4.78 is 0. The SMILES string of the molecule is [C]1C=Cc2ccccc2[N]1. The molecule has 47 valence electrons. The summed E-state index contributed by atoms with van der Waals surface area (Å²) in [6.45, 7) is 2.79. The lowest BCUT2D eigenvalue weighted by atomic mass is 10.1. The van der Waals surface area contributed by atoms with Crippen molar-refractivity contribution in [2.75, 3.05) is 0 Å². The van der Waals surface area contributed by atoms with Crippen molar-refractivity contribution in [1.29, 1.82) is 0 Å². The normalized spacial score (nSPS) is 14.0. The average Bonchev–Trinajstić information content (AvgIpc) is 2.05. The van der Waals surface area contributed by atoms with E-state index in [-0.39, 0.29) is 0 Å². The van der Waals surface area contributed by atoms with Gasteiger partial charge in [-0.05, 0) is 11.6 Å². The summed E-state index contributed by atoms with van der Waals surface area (Å²) in [7, 11) is 0. The number of fused-ring (bicyclic) bond motifs is 1. The average molecular weight is 128 g/mol. The van der Waals surface area contributed by atoms with Gasteiger partial charge in [-0.25, -0.2) is 0 Å². The van der Waals surface area contributed by atoms with Crippen molar-refractivity contribution in [1.82, 2.24) is 5.32 Å². The van der Waals surface area contributed by atoms with Gasteiger partial charge in [-0.2, -0.15) is 0 Å². The third kappa shape index (κ3) is 0.798. The molecule has 0 aliphatic carbocycles. The van der Waals surface area contributed by atoms with Crippen molar-refractivity contribution in [3.8, 4) is 0 Å². The number of nitrogens with zero attached hydrogens (tertiary/aromatic N) is 1. The van der Waals surface area contributed by atoms with Crippen LogP contribution in [0.4, 0.5) is 5.69 Å². The minimum atomic E-state index is 1.00. The van der Waals surface area contributed by atoms with E-state index in [1.54, 1.807) is 0 Å². The van der Waals surface area contributed by atoms with Gasteiger partial charge in [0.2, 0.25) is 0 Å². The Bertz CT molecular complexity index is 263. The quantitative estimate of drug-likeness (QED) is 0.507. The van der Waals surface area contributed by atoms with Crippen molar-refractivity contribution in [3.05, 3.63) is 42.4 Å². The van der Waals surface area contributed by atoms with Gasteiger partial charge in [0.05, 0.1) is 5.69 Å². The van der Waals surface area contributed by atoms with E-state index >= 15 is 0 Å². The van der Waals surface area contributed by atoms with Gasteiger partial charge >= 0.3 is 0 Å². The molecule has 0 amide bonds. The van der Waals surface area contributed by atoms with Crippen molar-refractivity contribution in [2.45, 2.75) is 0 Å². The van der Waals surface area contributed by atoms with Gasteiger partial charge < -0.3 is 0 Å². The van der Waals surface area contributed by atoms with E-state index in [1.165, 1.54) is 5.56 Å². The summed E-state index contributed by atoms with van der Waals surface area (Å²) in [6.07, 6.45) is 3.82. The second-order valence-corrected chi connectivity index (χ2v) is 2.13. The summed E-state index contributed by atoms with van der Waals surface area (Å²) in [5, 5.41) is 4.06. The van der Waals surface area contributed by atoms with E-state index in [4.69, 9.17) is 0 Å². The smallest absolute Gasteiger partial charge is 0.143 e. The molecule has 2 rings (SSSR count). The molecule has 0 bridgehead atoms. The molecular formula is C9H6N. The molecule has 0 N–H and O–H groups in total. The van der Waals surface area contributed by atoms with Crippen molar-refractivity contribution < 1.29 is 0 Å². The molecule has 0 saturated carbocycles. The molecule has 0 saturated heterocycles. The first-order chi connectivity index (χ1) is 4.97. The molecule has 1 aliphatic heterocycles. The Hall–Kier alpha value is -1.24. The third-order valence-electron chi connectivity index (χ3n) is 1.46. The first kappa shape index (κ1) is 5.54. The van der Waals surface area contributed by atoms with E-state index < -0.39 is 0 Å². The molecule has 1 nitrogen and oxygen atoms in total. The molecule has 0 unspecified atom stereocenters. The lowest BCUT2D eigenvalue weighted by Crippen LogP contribution is -1.96. The molecule has 3 radical (unpaired) electrons. The zero-order chi connectivity index (χ0) is 6.81. The van der Waals surface area contributed by atoms with Gasteiger partial charge in [-0.3, -0.25) is 5.32 Å². The topological polar surface area (TPSA) is 14.1 Å². The maximum atomic E-state index is 4.06. The van der Waals surface area contributed by atoms with Crippen LogP contribution in [0.2, 0.25) is 0 Å². The molecule has 0 fully saturated rings. The third-order valence-corrected chi connectivity index (χ3v) is 1.46. The summed E-state index contributed by atoms with van der Waals surface area (Å²) >= 11 is 0. The molecule has 10 heavy (non-hydrogen) atoms. The lowest BCUT2D eigenvalue weighted by Gasteiger charge is -2.07. The number of hydrogen-bond acceptors (Lipinski definition) is 0. The Balaban J connectivity index is 2.54. The summed E-state index contributed by atoms with van der Waals surface area (Å²) in [5.74, 6) is 0. The predicted octanol–water partition coefficient (Wildman–Crippen LogP) is 1.99. The van der Waals surface area contributed by atoms with Gasteiger partial charge in [0.15, 0.2) is 0 Å². The van der Waals surface area contributed by atoms with E-state index in [1.807, 2.05) is 36.4 Å². The van der Waals surface area contributed by atoms with Crippen molar-refractivity contribution in [2.24, 2.45) is 0 Å². The highest BCUT2D eigenvalue weighted by Gasteiger charge is 2.01. The van der Waals surface area contributed by atoms with Crippen LogP contribution in [0.15, 0.2) is 30.3 Å². The first-order valence-corrected chi connectivity index (χ1v) is 3.19. The molecule has 1 aromatic carbocycles. The van der Waals surface area contributed by atoms with E-state index in [0.717, 1.165) is 5.69 Å². The summed E-state index contributed by atoms with van der Waals surface area (Å²) in [5.41, 5.74) is 2.17. The largest absolute Gasteiger partial charge is 0.268 e. The number of rotatable bonds is 0. The Labute approximate surface area is 60.4 Å². The van der Waals surface area contributed by atoms with Gasteiger partial charge in [-0.1, -0.05) is 30.4 Å². The van der Waals surface area contributed by atoms with Crippen molar-refractivity contribution >= 4 is 11.8 Å². The Morgan fingerprint density at radius 3 is 3.00 bits per heavy atom. The number of para-hydroxylation sites is 1.